The second kappa shape index (κ2) is 6.98. The van der Waals surface area contributed by atoms with E-state index in [0.29, 0.717) is 22.3 Å². The molecule has 0 aliphatic heterocycles. The highest BCUT2D eigenvalue weighted by atomic mass is 35.5. The van der Waals surface area contributed by atoms with Gasteiger partial charge in [0.05, 0.1) is 18.1 Å². The second-order valence-corrected chi connectivity index (χ2v) is 5.78. The summed E-state index contributed by atoms with van der Waals surface area (Å²) < 4.78 is 5.41. The van der Waals surface area contributed by atoms with Gasteiger partial charge in [0.25, 0.3) is 0 Å². The van der Waals surface area contributed by atoms with E-state index >= 15 is 0 Å². The van der Waals surface area contributed by atoms with Crippen LogP contribution in [0.1, 0.15) is 20.3 Å². The van der Waals surface area contributed by atoms with E-state index in [1.807, 2.05) is 13.8 Å². The molecule has 0 atom stereocenters. The molecule has 19 heavy (non-hydrogen) atoms. The summed E-state index contributed by atoms with van der Waals surface area (Å²) in [4.78, 5) is 11.5. The van der Waals surface area contributed by atoms with Gasteiger partial charge in [0.15, 0.2) is 0 Å². The lowest BCUT2D eigenvalue weighted by Gasteiger charge is -2.18. The van der Waals surface area contributed by atoms with Gasteiger partial charge in [0.2, 0.25) is 5.91 Å². The Morgan fingerprint density at radius 1 is 1.42 bits per heavy atom. The zero-order chi connectivity index (χ0) is 14.5. The summed E-state index contributed by atoms with van der Waals surface area (Å²) in [6.45, 7) is 4.36. The summed E-state index contributed by atoms with van der Waals surface area (Å²) in [5.41, 5.74) is 5.34. The van der Waals surface area contributed by atoms with Crippen molar-refractivity contribution >= 4 is 29.1 Å². The van der Waals surface area contributed by atoms with Crippen LogP contribution in [0.25, 0.3) is 0 Å². The van der Waals surface area contributed by atoms with E-state index in [4.69, 9.17) is 33.7 Å². The number of halogens is 2. The van der Waals surface area contributed by atoms with E-state index < -0.39 is 5.54 Å². The Morgan fingerprint density at radius 2 is 2.11 bits per heavy atom. The fourth-order valence-electron chi connectivity index (χ4n) is 1.26. The van der Waals surface area contributed by atoms with Gasteiger partial charge >= 0.3 is 0 Å². The maximum Gasteiger partial charge on any atom is 0.223 e. The van der Waals surface area contributed by atoms with Crippen LogP contribution < -0.4 is 15.8 Å². The quantitative estimate of drug-likeness (QED) is 0.849. The Balaban J connectivity index is 2.32. The summed E-state index contributed by atoms with van der Waals surface area (Å²) in [6, 6.07) is 4.95. The highest BCUT2D eigenvalue weighted by Gasteiger charge is 2.12. The third kappa shape index (κ3) is 6.66. The fourth-order valence-corrected chi connectivity index (χ4v) is 1.72. The van der Waals surface area contributed by atoms with Gasteiger partial charge in [-0.3, -0.25) is 4.79 Å². The Bertz CT molecular complexity index is 445. The molecule has 0 saturated heterocycles. The van der Waals surface area contributed by atoms with Gasteiger partial charge in [0.1, 0.15) is 5.75 Å². The lowest BCUT2D eigenvalue weighted by Crippen LogP contribution is -2.45. The van der Waals surface area contributed by atoms with Gasteiger partial charge in [-0.1, -0.05) is 23.2 Å². The summed E-state index contributed by atoms with van der Waals surface area (Å²) >= 11 is 11.7. The molecule has 1 rings (SSSR count). The Labute approximate surface area is 123 Å². The average Bonchev–Trinajstić information content (AvgIpc) is 2.28. The van der Waals surface area contributed by atoms with E-state index in [2.05, 4.69) is 5.32 Å². The summed E-state index contributed by atoms with van der Waals surface area (Å²) in [6.07, 6.45) is 0.245. The van der Waals surface area contributed by atoms with E-state index in [-0.39, 0.29) is 18.9 Å². The topological polar surface area (TPSA) is 64.3 Å². The Morgan fingerprint density at radius 3 is 2.68 bits per heavy atom. The molecule has 1 amide bonds. The molecule has 0 saturated carbocycles. The molecular weight excluding hydrogens is 287 g/mol. The molecule has 0 aromatic heterocycles. The van der Waals surface area contributed by atoms with Crippen molar-refractivity contribution in [2.45, 2.75) is 25.8 Å². The molecule has 1 aromatic carbocycles. The SMILES string of the molecule is CC(C)(N)CNC(=O)CCOc1ccc(Cl)cc1Cl. The number of nitrogens with two attached hydrogens (primary N) is 1. The molecule has 4 nitrogen and oxygen atoms in total. The van der Waals surface area contributed by atoms with Gasteiger partial charge in [-0.25, -0.2) is 0 Å². The van der Waals surface area contributed by atoms with Crippen LogP contribution in [0.2, 0.25) is 10.0 Å². The summed E-state index contributed by atoms with van der Waals surface area (Å²) in [5, 5.41) is 3.70. The number of hydrogen-bond acceptors (Lipinski definition) is 3. The minimum absolute atomic E-state index is 0.108. The van der Waals surface area contributed by atoms with Crippen molar-refractivity contribution < 1.29 is 9.53 Å². The number of amides is 1. The molecule has 0 aliphatic carbocycles. The van der Waals surface area contributed by atoms with Crippen molar-refractivity contribution in [2.24, 2.45) is 5.73 Å². The van der Waals surface area contributed by atoms with Crippen molar-refractivity contribution in [2.75, 3.05) is 13.2 Å². The first-order valence-electron chi connectivity index (χ1n) is 5.91. The maximum absolute atomic E-state index is 11.5. The van der Waals surface area contributed by atoms with Gasteiger partial charge in [-0.15, -0.1) is 0 Å². The number of hydrogen-bond donors (Lipinski definition) is 2. The normalized spacial score (nSPS) is 11.2. The van der Waals surface area contributed by atoms with Gasteiger partial charge in [-0.05, 0) is 32.0 Å². The summed E-state index contributed by atoms with van der Waals surface area (Å²) in [7, 11) is 0. The molecule has 0 heterocycles. The zero-order valence-corrected chi connectivity index (χ0v) is 12.5. The highest BCUT2D eigenvalue weighted by molar-refractivity contribution is 6.35. The fraction of sp³-hybridized carbons (Fsp3) is 0.462. The zero-order valence-electron chi connectivity index (χ0n) is 11.0. The smallest absolute Gasteiger partial charge is 0.223 e. The molecule has 0 bridgehead atoms. The first kappa shape index (κ1) is 16.1. The van der Waals surface area contributed by atoms with Crippen molar-refractivity contribution in [3.05, 3.63) is 28.2 Å². The number of carbonyl (C=O) groups is 1. The van der Waals surface area contributed by atoms with Crippen molar-refractivity contribution in [1.82, 2.24) is 5.32 Å². The van der Waals surface area contributed by atoms with Crippen LogP contribution in [0.5, 0.6) is 5.75 Å². The second-order valence-electron chi connectivity index (χ2n) is 4.94. The van der Waals surface area contributed by atoms with Crippen LogP contribution in [0.3, 0.4) is 0 Å². The molecule has 6 heteroatoms. The molecule has 0 fully saturated rings. The molecule has 0 aliphatic rings. The standard InChI is InChI=1S/C13H18Cl2N2O2/c1-13(2,16)8-17-12(18)5-6-19-11-4-3-9(14)7-10(11)15/h3-4,7H,5-6,8,16H2,1-2H3,(H,17,18). The van der Waals surface area contributed by atoms with Gasteiger partial charge in [-0.2, -0.15) is 0 Å². The number of ether oxygens (including phenoxy) is 1. The van der Waals surface area contributed by atoms with Crippen LogP contribution in [0.15, 0.2) is 18.2 Å². The first-order valence-corrected chi connectivity index (χ1v) is 6.67. The third-order valence-corrected chi connectivity index (χ3v) is 2.75. The van der Waals surface area contributed by atoms with Crippen LogP contribution in [0.4, 0.5) is 0 Å². The molecular formula is C13H18Cl2N2O2. The lowest BCUT2D eigenvalue weighted by molar-refractivity contribution is -0.121. The largest absolute Gasteiger partial charge is 0.491 e. The minimum Gasteiger partial charge on any atom is -0.491 e. The van der Waals surface area contributed by atoms with Gasteiger partial charge in [0, 0.05) is 17.1 Å². The van der Waals surface area contributed by atoms with Crippen molar-refractivity contribution in [1.29, 1.82) is 0 Å². The number of nitrogens with one attached hydrogen (secondary N) is 1. The highest BCUT2D eigenvalue weighted by Crippen LogP contribution is 2.27. The predicted molar refractivity (Wildman–Crippen MR) is 77.9 cm³/mol. The van der Waals surface area contributed by atoms with E-state index in [9.17, 15) is 4.79 Å². The monoisotopic (exact) mass is 304 g/mol. The molecule has 0 radical (unpaired) electrons. The summed E-state index contributed by atoms with van der Waals surface area (Å²) in [5.74, 6) is 0.404. The molecule has 0 unspecified atom stereocenters. The molecule has 3 N–H and O–H groups in total. The predicted octanol–water partition coefficient (Wildman–Crippen LogP) is 2.62. The van der Waals surface area contributed by atoms with Crippen molar-refractivity contribution in [3.63, 3.8) is 0 Å². The van der Waals surface area contributed by atoms with E-state index in [1.54, 1.807) is 18.2 Å². The van der Waals surface area contributed by atoms with Crippen LogP contribution in [-0.4, -0.2) is 24.6 Å². The third-order valence-electron chi connectivity index (χ3n) is 2.22. The Kier molecular flexibility index (Phi) is 5.91. The van der Waals surface area contributed by atoms with Gasteiger partial charge < -0.3 is 15.8 Å². The minimum atomic E-state index is -0.421. The van der Waals surface area contributed by atoms with Crippen LogP contribution >= 0.6 is 23.2 Å². The molecule has 1 aromatic rings. The van der Waals surface area contributed by atoms with Crippen LogP contribution in [-0.2, 0) is 4.79 Å². The van der Waals surface area contributed by atoms with Crippen molar-refractivity contribution in [3.8, 4) is 5.75 Å². The van der Waals surface area contributed by atoms with E-state index in [0.717, 1.165) is 0 Å². The average molecular weight is 305 g/mol. The molecule has 106 valence electrons. The lowest BCUT2D eigenvalue weighted by atomic mass is 10.1. The first-order chi connectivity index (χ1) is 8.78. The van der Waals surface area contributed by atoms with E-state index in [1.165, 1.54) is 0 Å². The van der Waals surface area contributed by atoms with Crippen LogP contribution in [0, 0.1) is 0 Å². The number of carbonyl (C=O) groups excluding carboxylic acids is 1. The number of benzene rings is 1. The maximum atomic E-state index is 11.5. The Hall–Kier alpha value is -0.970. The number of rotatable bonds is 6. The molecule has 0 spiro atoms.